The summed E-state index contributed by atoms with van der Waals surface area (Å²) in [5.74, 6) is 1.10. The Morgan fingerprint density at radius 3 is 2.92 bits per heavy atom. The monoisotopic (exact) mass is 176 g/mol. The molecule has 0 fully saturated rings. The van der Waals surface area contributed by atoms with Crippen LogP contribution >= 0.6 is 0 Å². The number of aromatic hydroxyl groups is 1. The van der Waals surface area contributed by atoms with E-state index in [9.17, 15) is 5.11 Å². The van der Waals surface area contributed by atoms with Crippen molar-refractivity contribution in [3.8, 4) is 5.75 Å². The van der Waals surface area contributed by atoms with E-state index in [4.69, 9.17) is 0 Å². The number of benzene rings is 1. The van der Waals surface area contributed by atoms with E-state index in [-0.39, 0.29) is 0 Å². The topological polar surface area (TPSA) is 44.6 Å². The molecule has 0 bridgehead atoms. The van der Waals surface area contributed by atoms with Crippen molar-refractivity contribution in [2.75, 3.05) is 13.1 Å². The zero-order valence-corrected chi connectivity index (χ0v) is 7.54. The van der Waals surface area contributed by atoms with Gasteiger partial charge >= 0.3 is 0 Å². The van der Waals surface area contributed by atoms with Gasteiger partial charge in [-0.1, -0.05) is 6.07 Å². The Morgan fingerprint density at radius 1 is 1.46 bits per heavy atom. The molecule has 0 amide bonds. The van der Waals surface area contributed by atoms with Gasteiger partial charge < -0.3 is 10.4 Å². The molecule has 3 heteroatoms. The minimum atomic E-state index is 0.299. The Morgan fingerprint density at radius 2 is 2.31 bits per heavy atom. The Hall–Kier alpha value is -1.51. The first-order chi connectivity index (χ1) is 6.27. The van der Waals surface area contributed by atoms with Gasteiger partial charge in [0.25, 0.3) is 0 Å². The molecule has 1 heterocycles. The van der Waals surface area contributed by atoms with Crippen LogP contribution in [0.3, 0.4) is 0 Å². The summed E-state index contributed by atoms with van der Waals surface area (Å²) in [5.41, 5.74) is 1.85. The van der Waals surface area contributed by atoms with E-state index in [1.165, 1.54) is 0 Å². The smallest absolute Gasteiger partial charge is 0.132 e. The fraction of sp³-hybridized carbons (Fsp3) is 0.300. The molecule has 1 aliphatic heterocycles. The second kappa shape index (κ2) is 3.09. The highest BCUT2D eigenvalue weighted by atomic mass is 16.3. The number of phenols is 1. The molecule has 13 heavy (non-hydrogen) atoms. The molecule has 0 unspecified atom stereocenters. The second-order valence-electron chi connectivity index (χ2n) is 3.18. The minimum absolute atomic E-state index is 0.299. The van der Waals surface area contributed by atoms with Crippen molar-refractivity contribution in [2.45, 2.75) is 6.92 Å². The van der Waals surface area contributed by atoms with E-state index in [2.05, 4.69) is 10.3 Å². The van der Waals surface area contributed by atoms with E-state index in [1.807, 2.05) is 19.1 Å². The maximum absolute atomic E-state index is 9.63. The summed E-state index contributed by atoms with van der Waals surface area (Å²) >= 11 is 0. The number of rotatable bonds is 1. The predicted molar refractivity (Wildman–Crippen MR) is 52.3 cm³/mol. The molecule has 0 spiro atoms. The highest BCUT2D eigenvalue weighted by Gasteiger charge is 2.11. The molecule has 2 rings (SSSR count). The lowest BCUT2D eigenvalue weighted by atomic mass is 10.1. The fourth-order valence-electron chi connectivity index (χ4n) is 1.42. The largest absolute Gasteiger partial charge is 0.507 e. The molecule has 0 aromatic heterocycles. The molecule has 3 nitrogen and oxygen atoms in total. The third kappa shape index (κ3) is 1.49. The SMILES string of the molecule is Cc1ccc(C2=NCCN2)c(O)c1. The summed E-state index contributed by atoms with van der Waals surface area (Å²) in [5, 5.41) is 12.8. The summed E-state index contributed by atoms with van der Waals surface area (Å²) in [6.45, 7) is 3.61. The van der Waals surface area contributed by atoms with Crippen molar-refractivity contribution in [3.05, 3.63) is 29.3 Å². The normalized spacial score (nSPS) is 15.3. The van der Waals surface area contributed by atoms with Crippen LogP contribution in [0.4, 0.5) is 0 Å². The summed E-state index contributed by atoms with van der Waals surface area (Å²) in [4.78, 5) is 4.24. The highest BCUT2D eigenvalue weighted by Crippen LogP contribution is 2.19. The summed E-state index contributed by atoms with van der Waals surface area (Å²) in [7, 11) is 0. The molecular weight excluding hydrogens is 164 g/mol. The van der Waals surface area contributed by atoms with Gasteiger partial charge in [-0.25, -0.2) is 0 Å². The van der Waals surface area contributed by atoms with Crippen molar-refractivity contribution in [1.82, 2.24) is 5.32 Å². The number of hydrogen-bond donors (Lipinski definition) is 2. The lowest BCUT2D eigenvalue weighted by Crippen LogP contribution is -2.19. The van der Waals surface area contributed by atoms with Gasteiger partial charge in [0.1, 0.15) is 11.6 Å². The summed E-state index contributed by atoms with van der Waals surface area (Å²) in [6, 6.07) is 5.61. The number of nitrogens with zero attached hydrogens (tertiary/aromatic N) is 1. The average molecular weight is 176 g/mol. The number of amidine groups is 1. The lowest BCUT2D eigenvalue weighted by molar-refractivity contribution is 0.473. The molecule has 0 radical (unpaired) electrons. The minimum Gasteiger partial charge on any atom is -0.507 e. The van der Waals surface area contributed by atoms with Crippen LogP contribution < -0.4 is 5.32 Å². The first-order valence-electron chi connectivity index (χ1n) is 4.36. The third-order valence-electron chi connectivity index (χ3n) is 2.08. The van der Waals surface area contributed by atoms with Gasteiger partial charge in [-0.3, -0.25) is 4.99 Å². The molecule has 1 aromatic rings. The van der Waals surface area contributed by atoms with E-state index in [0.29, 0.717) is 5.75 Å². The molecule has 0 atom stereocenters. The molecule has 1 aromatic carbocycles. The lowest BCUT2D eigenvalue weighted by Gasteiger charge is -2.05. The van der Waals surface area contributed by atoms with Crippen LogP contribution in [0.5, 0.6) is 5.75 Å². The molecular formula is C10H12N2O. The van der Waals surface area contributed by atoms with Crippen LogP contribution in [-0.4, -0.2) is 24.0 Å². The zero-order valence-electron chi connectivity index (χ0n) is 7.54. The van der Waals surface area contributed by atoms with Crippen LogP contribution in [-0.2, 0) is 0 Å². The third-order valence-corrected chi connectivity index (χ3v) is 2.08. The number of phenolic OH excluding ortho intramolecular Hbond substituents is 1. The molecule has 68 valence electrons. The van der Waals surface area contributed by atoms with Crippen molar-refractivity contribution in [1.29, 1.82) is 0 Å². The van der Waals surface area contributed by atoms with Gasteiger partial charge in [-0.2, -0.15) is 0 Å². The van der Waals surface area contributed by atoms with Crippen molar-refractivity contribution in [2.24, 2.45) is 4.99 Å². The van der Waals surface area contributed by atoms with Crippen LogP contribution in [0.25, 0.3) is 0 Å². The number of aliphatic imine (C=N–C) groups is 1. The van der Waals surface area contributed by atoms with Gasteiger partial charge in [-0.15, -0.1) is 0 Å². The van der Waals surface area contributed by atoms with Gasteiger partial charge in [0.2, 0.25) is 0 Å². The maximum Gasteiger partial charge on any atom is 0.132 e. The Bertz CT molecular complexity index is 358. The van der Waals surface area contributed by atoms with E-state index in [1.54, 1.807) is 6.07 Å². The predicted octanol–water partition coefficient (Wildman–Crippen LogP) is 1.05. The summed E-state index contributed by atoms with van der Waals surface area (Å²) < 4.78 is 0. The Balaban J connectivity index is 2.40. The van der Waals surface area contributed by atoms with Crippen molar-refractivity contribution in [3.63, 3.8) is 0 Å². The molecule has 0 saturated carbocycles. The molecule has 1 aliphatic rings. The fourth-order valence-corrected chi connectivity index (χ4v) is 1.42. The van der Waals surface area contributed by atoms with Crippen LogP contribution in [0.2, 0.25) is 0 Å². The Labute approximate surface area is 77.1 Å². The van der Waals surface area contributed by atoms with E-state index < -0.39 is 0 Å². The van der Waals surface area contributed by atoms with Crippen molar-refractivity contribution >= 4 is 5.84 Å². The van der Waals surface area contributed by atoms with Crippen molar-refractivity contribution < 1.29 is 5.11 Å². The molecule has 2 N–H and O–H groups in total. The van der Waals surface area contributed by atoms with Gasteiger partial charge in [0.15, 0.2) is 0 Å². The van der Waals surface area contributed by atoms with Gasteiger partial charge in [0.05, 0.1) is 12.1 Å². The Kier molecular flexibility index (Phi) is 1.93. The first-order valence-corrected chi connectivity index (χ1v) is 4.36. The number of aryl methyl sites for hydroxylation is 1. The number of hydrogen-bond acceptors (Lipinski definition) is 3. The average Bonchev–Trinajstić information content (AvgIpc) is 2.56. The standard InChI is InChI=1S/C10H12N2O/c1-7-2-3-8(9(13)6-7)10-11-4-5-12-10/h2-3,6,13H,4-5H2,1H3,(H,11,12). The molecule has 0 aliphatic carbocycles. The maximum atomic E-state index is 9.63. The first kappa shape index (κ1) is 8.10. The summed E-state index contributed by atoms with van der Waals surface area (Å²) in [6.07, 6.45) is 0. The van der Waals surface area contributed by atoms with E-state index >= 15 is 0 Å². The zero-order chi connectivity index (χ0) is 9.26. The highest BCUT2D eigenvalue weighted by molar-refractivity contribution is 6.01. The van der Waals surface area contributed by atoms with Gasteiger partial charge in [0, 0.05) is 6.54 Å². The quantitative estimate of drug-likeness (QED) is 0.671. The van der Waals surface area contributed by atoms with Crippen LogP contribution in [0, 0.1) is 6.92 Å². The molecule has 0 saturated heterocycles. The van der Waals surface area contributed by atoms with E-state index in [0.717, 1.165) is 30.1 Å². The van der Waals surface area contributed by atoms with Gasteiger partial charge in [-0.05, 0) is 24.6 Å². The number of nitrogens with one attached hydrogen (secondary N) is 1. The second-order valence-corrected chi connectivity index (χ2v) is 3.18. The van der Waals surface area contributed by atoms with Crippen LogP contribution in [0.15, 0.2) is 23.2 Å². The van der Waals surface area contributed by atoms with Crippen LogP contribution in [0.1, 0.15) is 11.1 Å².